The Balaban J connectivity index is 0. The molecule has 0 saturated heterocycles. The first-order valence-electron chi connectivity index (χ1n) is 7.39. The molecule has 0 rings (SSSR count). The number of aliphatic hydroxyl groups excluding tert-OH is 2. The number of phosphoric acid groups is 1. The summed E-state index contributed by atoms with van der Waals surface area (Å²) in [6.45, 7) is 0.858. The van der Waals surface area contributed by atoms with Gasteiger partial charge in [0, 0.05) is 6.42 Å². The highest BCUT2D eigenvalue weighted by molar-refractivity contribution is 7.44. The normalized spacial score (nSPS) is 14.9. The number of aliphatic hydroxyl groups is 2. The van der Waals surface area contributed by atoms with Crippen molar-refractivity contribution in [3.63, 3.8) is 0 Å². The third-order valence-electron chi connectivity index (χ3n) is 2.43. The number of nitrogens with zero attached hydrogens (tertiary/aromatic N) is 1. The minimum Gasteiger partial charge on any atom is -0.756 e. The van der Waals surface area contributed by atoms with E-state index in [2.05, 4.69) is 4.52 Å². The van der Waals surface area contributed by atoms with Crippen molar-refractivity contribution in [1.82, 2.24) is 0 Å². The number of aliphatic carboxylic acids is 1. The lowest BCUT2D eigenvalue weighted by Crippen LogP contribution is -2.43. The maximum atomic E-state index is 11.1. The van der Waals surface area contributed by atoms with Crippen molar-refractivity contribution >= 4 is 19.8 Å². The standard InChI is InChI=1S/C10H19NO4.C3H9O6P/c1-5-10(14)15-8(6-9(12)13)7-11(2,3)4;4-1-3(2-5)9-10(6,7)8/h8H,5-7H2,1-4H3;3-5H,1-2H2,(H2,6,7,8)/t8-;/m1./s1. The van der Waals surface area contributed by atoms with E-state index >= 15 is 0 Å². The number of hydrogen-bond donors (Lipinski definition) is 4. The van der Waals surface area contributed by atoms with Crippen LogP contribution in [0, 0.1) is 0 Å². The Morgan fingerprint density at radius 1 is 1.16 bits per heavy atom. The van der Waals surface area contributed by atoms with Crippen molar-refractivity contribution in [1.29, 1.82) is 0 Å². The zero-order valence-electron chi connectivity index (χ0n) is 14.8. The summed E-state index contributed by atoms with van der Waals surface area (Å²) in [4.78, 5) is 39.5. The van der Waals surface area contributed by atoms with E-state index in [-0.39, 0.29) is 18.8 Å². The van der Waals surface area contributed by atoms with Crippen molar-refractivity contribution in [2.24, 2.45) is 0 Å². The lowest BCUT2D eigenvalue weighted by molar-refractivity contribution is -0.873. The number of esters is 1. The minimum absolute atomic E-state index is 0.138. The highest BCUT2D eigenvalue weighted by Crippen LogP contribution is 2.31. The number of carbonyl (C=O) groups excluding carboxylic acids is 1. The molecule has 150 valence electrons. The summed E-state index contributed by atoms with van der Waals surface area (Å²) >= 11 is 0. The van der Waals surface area contributed by atoms with Gasteiger partial charge in [-0.1, -0.05) is 6.92 Å². The number of ether oxygens (including phenoxy) is 1. The minimum atomic E-state index is -4.82. The molecule has 0 aromatic rings. The Labute approximate surface area is 146 Å². The largest absolute Gasteiger partial charge is 0.756 e. The van der Waals surface area contributed by atoms with Gasteiger partial charge in [-0.05, 0) is 0 Å². The molecule has 0 heterocycles. The van der Waals surface area contributed by atoms with Gasteiger partial charge in [0.05, 0.1) is 40.8 Å². The zero-order valence-corrected chi connectivity index (χ0v) is 15.7. The van der Waals surface area contributed by atoms with E-state index < -0.39 is 39.2 Å². The van der Waals surface area contributed by atoms with Crippen LogP contribution >= 0.6 is 7.82 Å². The molecule has 25 heavy (non-hydrogen) atoms. The third kappa shape index (κ3) is 19.1. The van der Waals surface area contributed by atoms with E-state index in [0.717, 1.165) is 0 Å². The lowest BCUT2D eigenvalue weighted by Gasteiger charge is -2.28. The van der Waals surface area contributed by atoms with E-state index in [1.807, 2.05) is 21.1 Å². The Morgan fingerprint density at radius 2 is 1.64 bits per heavy atom. The Hall–Kier alpha value is -1.07. The first-order valence-corrected chi connectivity index (χ1v) is 8.89. The second-order valence-electron chi connectivity index (χ2n) is 6.10. The molecule has 4 N–H and O–H groups in total. The van der Waals surface area contributed by atoms with E-state index in [0.29, 0.717) is 11.0 Å². The van der Waals surface area contributed by atoms with Crippen molar-refractivity contribution in [3.8, 4) is 0 Å². The van der Waals surface area contributed by atoms with E-state index in [4.69, 9.17) is 24.9 Å². The summed E-state index contributed by atoms with van der Waals surface area (Å²) in [7, 11) is 0.951. The van der Waals surface area contributed by atoms with Crippen molar-refractivity contribution < 1.29 is 53.0 Å². The van der Waals surface area contributed by atoms with Gasteiger partial charge in [0.25, 0.3) is 7.82 Å². The maximum absolute atomic E-state index is 11.1. The predicted molar refractivity (Wildman–Crippen MR) is 84.2 cm³/mol. The molecule has 0 aliphatic heterocycles. The molecule has 2 atom stereocenters. The molecule has 11 nitrogen and oxygen atoms in total. The van der Waals surface area contributed by atoms with Gasteiger partial charge in [0.2, 0.25) is 0 Å². The smallest absolute Gasteiger partial charge is 0.307 e. The van der Waals surface area contributed by atoms with Crippen LogP contribution in [0.5, 0.6) is 0 Å². The van der Waals surface area contributed by atoms with E-state index in [9.17, 15) is 19.0 Å². The monoisotopic (exact) mass is 389 g/mol. The van der Waals surface area contributed by atoms with Crippen LogP contribution in [-0.4, -0.2) is 89.7 Å². The van der Waals surface area contributed by atoms with Crippen LogP contribution in [0.4, 0.5) is 0 Å². The Bertz CT molecular complexity index is 441. The molecule has 0 spiro atoms. The number of phosphoric ester groups is 1. The van der Waals surface area contributed by atoms with Gasteiger partial charge in [-0.2, -0.15) is 0 Å². The van der Waals surface area contributed by atoms with Crippen molar-refractivity contribution in [2.75, 3.05) is 40.9 Å². The average Bonchev–Trinajstić information content (AvgIpc) is 2.41. The average molecular weight is 389 g/mol. The molecule has 1 unspecified atom stereocenters. The molecule has 0 aromatic carbocycles. The van der Waals surface area contributed by atoms with Gasteiger partial charge in [-0.3, -0.25) is 14.2 Å². The van der Waals surface area contributed by atoms with Crippen molar-refractivity contribution in [2.45, 2.75) is 32.0 Å². The Kier molecular flexibility index (Phi) is 12.9. The number of likely N-dealkylation sites (N-methyl/N-ethyl adjacent to an activating group) is 1. The summed E-state index contributed by atoms with van der Waals surface area (Å²) in [6.07, 6.45) is -1.68. The third-order valence-corrected chi connectivity index (χ3v) is 2.99. The fourth-order valence-corrected chi connectivity index (χ4v) is 2.04. The number of carbonyl (C=O) groups is 2. The topological polar surface area (TPSA) is 174 Å². The zero-order chi connectivity index (χ0) is 20.3. The van der Waals surface area contributed by atoms with Crippen LogP contribution < -0.4 is 4.89 Å². The van der Waals surface area contributed by atoms with Crippen LogP contribution in [0.1, 0.15) is 19.8 Å². The molecule has 0 aliphatic carbocycles. The lowest BCUT2D eigenvalue weighted by atomic mass is 10.2. The van der Waals surface area contributed by atoms with Gasteiger partial charge in [-0.25, -0.2) is 0 Å². The van der Waals surface area contributed by atoms with Crippen LogP contribution in [0.2, 0.25) is 0 Å². The predicted octanol–water partition coefficient (Wildman–Crippen LogP) is -1.69. The molecule has 0 aromatic heterocycles. The summed E-state index contributed by atoms with van der Waals surface area (Å²) in [5.74, 6) is -1.30. The number of hydrogen-bond acceptors (Lipinski definition) is 8. The molecular weight excluding hydrogens is 361 g/mol. The quantitative estimate of drug-likeness (QED) is 0.192. The van der Waals surface area contributed by atoms with Gasteiger partial charge in [-0.15, -0.1) is 0 Å². The molecule has 0 amide bonds. The van der Waals surface area contributed by atoms with Gasteiger partial charge in [0.15, 0.2) is 6.10 Å². The molecule has 0 radical (unpaired) electrons. The Morgan fingerprint density at radius 3 is 1.88 bits per heavy atom. The molecule has 0 fully saturated rings. The maximum Gasteiger partial charge on any atom is 0.307 e. The fourth-order valence-electron chi connectivity index (χ4n) is 1.53. The van der Waals surface area contributed by atoms with E-state index in [1.54, 1.807) is 6.92 Å². The first-order chi connectivity index (χ1) is 11.2. The SMILES string of the molecule is CCC(=O)O[C@H](CC(=O)O)C[N+](C)(C)C.O=P([O-])(O)OC(CO)CO. The van der Waals surface area contributed by atoms with Crippen LogP contribution in [0.25, 0.3) is 0 Å². The number of carboxylic acids is 1. The van der Waals surface area contributed by atoms with Crippen LogP contribution in [-0.2, 0) is 23.4 Å². The van der Waals surface area contributed by atoms with Gasteiger partial charge < -0.3 is 38.9 Å². The summed E-state index contributed by atoms with van der Waals surface area (Å²) < 4.78 is 19.3. The van der Waals surface area contributed by atoms with Crippen LogP contribution in [0.15, 0.2) is 0 Å². The number of rotatable bonds is 10. The fraction of sp³-hybridized carbons (Fsp3) is 0.846. The second-order valence-corrected chi connectivity index (χ2v) is 7.25. The first kappa shape index (κ1) is 26.2. The van der Waals surface area contributed by atoms with E-state index in [1.165, 1.54) is 0 Å². The highest BCUT2D eigenvalue weighted by Gasteiger charge is 2.24. The second kappa shape index (κ2) is 12.3. The summed E-state index contributed by atoms with van der Waals surface area (Å²) in [5, 5.41) is 25.1. The molecule has 0 saturated carbocycles. The molecule has 0 aliphatic rings. The van der Waals surface area contributed by atoms with Gasteiger partial charge >= 0.3 is 11.9 Å². The summed E-state index contributed by atoms with van der Waals surface area (Å²) in [6, 6.07) is 0. The molecule has 12 heteroatoms. The number of quaternary nitrogens is 1. The molecule has 0 bridgehead atoms. The van der Waals surface area contributed by atoms with Crippen molar-refractivity contribution in [3.05, 3.63) is 0 Å². The van der Waals surface area contributed by atoms with Crippen LogP contribution in [0.3, 0.4) is 0 Å². The summed E-state index contributed by atoms with van der Waals surface area (Å²) in [5.41, 5.74) is 0. The number of carboxylic acid groups (broad SMARTS) is 1. The highest BCUT2D eigenvalue weighted by atomic mass is 31.2. The van der Waals surface area contributed by atoms with Gasteiger partial charge in [0.1, 0.15) is 12.6 Å². The molecular formula is C13H28NO10P.